The minimum absolute atomic E-state index is 0.0210. The van der Waals surface area contributed by atoms with E-state index in [1.165, 1.54) is 4.90 Å². The van der Waals surface area contributed by atoms with E-state index < -0.39 is 11.9 Å². The molecule has 1 atom stereocenters. The van der Waals surface area contributed by atoms with Gasteiger partial charge >= 0.3 is 0 Å². The SMILES string of the molecule is Cc1cc(N2C(=O)c3oc4cc(C)c(C)cc4c(=O)c3C2c2cccc(OC(C)C)c2)no1. The van der Waals surface area contributed by atoms with Gasteiger partial charge in [0, 0.05) is 6.07 Å². The number of amides is 1. The minimum Gasteiger partial charge on any atom is -0.491 e. The Balaban J connectivity index is 1.78. The second kappa shape index (κ2) is 7.62. The molecule has 0 saturated heterocycles. The highest BCUT2D eigenvalue weighted by atomic mass is 16.5. The lowest BCUT2D eigenvalue weighted by molar-refractivity contribution is 0.0969. The average Bonchev–Trinajstić information content (AvgIpc) is 3.30. The molecule has 0 saturated carbocycles. The highest BCUT2D eigenvalue weighted by Gasteiger charge is 2.45. The molecule has 7 heteroatoms. The van der Waals surface area contributed by atoms with Crippen molar-refractivity contribution in [1.82, 2.24) is 5.16 Å². The molecule has 168 valence electrons. The lowest BCUT2D eigenvalue weighted by Crippen LogP contribution is -2.29. The maximum absolute atomic E-state index is 13.7. The smallest absolute Gasteiger partial charge is 0.296 e. The number of hydrogen-bond donors (Lipinski definition) is 0. The summed E-state index contributed by atoms with van der Waals surface area (Å²) in [4.78, 5) is 28.8. The number of fused-ring (bicyclic) bond motifs is 2. The number of anilines is 1. The molecule has 0 aliphatic carbocycles. The normalized spacial score (nSPS) is 15.5. The maximum atomic E-state index is 13.7. The van der Waals surface area contributed by atoms with Crippen molar-refractivity contribution in [3.05, 3.63) is 86.5 Å². The number of carbonyl (C=O) groups is 1. The standard InChI is InChI=1S/C26H24N2O5/c1-13(2)31-18-8-6-7-17(12-18)23-22-24(29)19-9-14(3)15(4)10-20(19)32-25(22)26(30)28(23)21-11-16(5)33-27-21/h6-13,23H,1-5H3. The van der Waals surface area contributed by atoms with Gasteiger partial charge in [0.25, 0.3) is 5.91 Å². The fourth-order valence-electron chi connectivity index (χ4n) is 4.28. The predicted octanol–water partition coefficient (Wildman–Crippen LogP) is 5.24. The first-order chi connectivity index (χ1) is 15.7. The van der Waals surface area contributed by atoms with Crippen molar-refractivity contribution in [1.29, 1.82) is 0 Å². The zero-order valence-electron chi connectivity index (χ0n) is 19.1. The highest BCUT2D eigenvalue weighted by molar-refractivity contribution is 6.10. The minimum atomic E-state index is -0.727. The van der Waals surface area contributed by atoms with Crippen LogP contribution >= 0.6 is 0 Å². The van der Waals surface area contributed by atoms with Crippen LogP contribution in [0.4, 0.5) is 5.82 Å². The quantitative estimate of drug-likeness (QED) is 0.428. The van der Waals surface area contributed by atoms with E-state index in [1.807, 2.05) is 58.0 Å². The molecule has 0 radical (unpaired) electrons. The van der Waals surface area contributed by atoms with Crippen molar-refractivity contribution >= 4 is 22.7 Å². The van der Waals surface area contributed by atoms with Crippen LogP contribution in [0.1, 0.15) is 58.5 Å². The number of ether oxygens (including phenoxy) is 1. The second-order valence-electron chi connectivity index (χ2n) is 8.72. The molecule has 2 aromatic heterocycles. The molecule has 2 aromatic carbocycles. The van der Waals surface area contributed by atoms with Crippen LogP contribution in [0.3, 0.4) is 0 Å². The van der Waals surface area contributed by atoms with E-state index in [0.717, 1.165) is 16.7 Å². The molecule has 0 bridgehead atoms. The van der Waals surface area contributed by atoms with E-state index in [-0.39, 0.29) is 22.9 Å². The molecule has 1 unspecified atom stereocenters. The summed E-state index contributed by atoms with van der Waals surface area (Å²) in [6, 6.07) is 12.0. The van der Waals surface area contributed by atoms with Crippen LogP contribution in [0.15, 0.2) is 56.2 Å². The summed E-state index contributed by atoms with van der Waals surface area (Å²) in [5.74, 6) is 1.11. The largest absolute Gasteiger partial charge is 0.491 e. The van der Waals surface area contributed by atoms with Crippen molar-refractivity contribution in [3.8, 4) is 5.75 Å². The summed E-state index contributed by atoms with van der Waals surface area (Å²) in [6.07, 6.45) is -0.0210. The van der Waals surface area contributed by atoms with E-state index in [9.17, 15) is 9.59 Å². The Morgan fingerprint density at radius 2 is 1.79 bits per heavy atom. The molecule has 7 nitrogen and oxygen atoms in total. The van der Waals surface area contributed by atoms with Gasteiger partial charge in [0.2, 0.25) is 5.76 Å². The van der Waals surface area contributed by atoms with E-state index in [1.54, 1.807) is 19.1 Å². The van der Waals surface area contributed by atoms with Crippen molar-refractivity contribution in [3.63, 3.8) is 0 Å². The maximum Gasteiger partial charge on any atom is 0.296 e. The van der Waals surface area contributed by atoms with Gasteiger partial charge in [-0.1, -0.05) is 17.3 Å². The Morgan fingerprint density at radius 1 is 1.03 bits per heavy atom. The summed E-state index contributed by atoms with van der Waals surface area (Å²) in [6.45, 7) is 9.52. The summed E-state index contributed by atoms with van der Waals surface area (Å²) < 4.78 is 17.2. The molecule has 1 aliphatic heterocycles. The molecule has 0 N–H and O–H groups in total. The first-order valence-electron chi connectivity index (χ1n) is 10.9. The lowest BCUT2D eigenvalue weighted by atomic mass is 9.97. The molecule has 4 aromatic rings. The molecule has 0 spiro atoms. The van der Waals surface area contributed by atoms with Crippen molar-refractivity contribution in [2.24, 2.45) is 0 Å². The number of nitrogens with zero attached hydrogens (tertiary/aromatic N) is 2. The molecule has 1 aliphatic rings. The molecular weight excluding hydrogens is 420 g/mol. The third kappa shape index (κ3) is 3.40. The van der Waals surface area contributed by atoms with E-state index in [2.05, 4.69) is 5.16 Å². The van der Waals surface area contributed by atoms with Crippen LogP contribution in [0.25, 0.3) is 11.0 Å². The van der Waals surface area contributed by atoms with Crippen molar-refractivity contribution < 1.29 is 18.5 Å². The van der Waals surface area contributed by atoms with Crippen molar-refractivity contribution in [2.75, 3.05) is 4.90 Å². The van der Waals surface area contributed by atoms with E-state index >= 15 is 0 Å². The molecule has 33 heavy (non-hydrogen) atoms. The Hall–Kier alpha value is -3.87. The second-order valence-corrected chi connectivity index (χ2v) is 8.72. The van der Waals surface area contributed by atoms with Crippen LogP contribution < -0.4 is 15.1 Å². The van der Waals surface area contributed by atoms with Gasteiger partial charge in [-0.3, -0.25) is 14.5 Å². The summed E-state index contributed by atoms with van der Waals surface area (Å²) >= 11 is 0. The topological polar surface area (TPSA) is 85.8 Å². The Bertz CT molecular complexity index is 1460. The summed E-state index contributed by atoms with van der Waals surface area (Å²) in [5, 5.41) is 4.51. The molecule has 1 amide bonds. The van der Waals surface area contributed by atoms with Crippen LogP contribution in [0.2, 0.25) is 0 Å². The van der Waals surface area contributed by atoms with Crippen LogP contribution in [0, 0.1) is 20.8 Å². The van der Waals surface area contributed by atoms with Crippen LogP contribution in [-0.4, -0.2) is 17.2 Å². The fraction of sp³-hybridized carbons (Fsp3) is 0.269. The number of rotatable bonds is 4. The summed E-state index contributed by atoms with van der Waals surface area (Å²) in [5.41, 5.74) is 3.13. The molecule has 3 heterocycles. The van der Waals surface area contributed by atoms with Gasteiger partial charge in [-0.2, -0.15) is 0 Å². The number of aryl methyl sites for hydroxylation is 3. The van der Waals surface area contributed by atoms with Crippen LogP contribution in [-0.2, 0) is 0 Å². The van der Waals surface area contributed by atoms with Gasteiger partial charge in [-0.25, -0.2) is 0 Å². The van der Waals surface area contributed by atoms with Crippen molar-refractivity contribution in [2.45, 2.75) is 46.8 Å². The van der Waals surface area contributed by atoms with Gasteiger partial charge in [0.05, 0.1) is 23.1 Å². The number of hydrogen-bond acceptors (Lipinski definition) is 6. The lowest BCUT2D eigenvalue weighted by Gasteiger charge is -2.23. The zero-order chi connectivity index (χ0) is 23.4. The van der Waals surface area contributed by atoms with Gasteiger partial charge in [-0.15, -0.1) is 0 Å². The number of benzene rings is 2. The highest BCUT2D eigenvalue weighted by Crippen LogP contribution is 2.41. The van der Waals surface area contributed by atoms with E-state index in [0.29, 0.717) is 28.3 Å². The molecule has 0 fully saturated rings. The average molecular weight is 444 g/mol. The van der Waals surface area contributed by atoms with Gasteiger partial charge in [-0.05, 0) is 75.6 Å². The third-order valence-corrected chi connectivity index (χ3v) is 5.89. The van der Waals surface area contributed by atoms with E-state index in [4.69, 9.17) is 13.7 Å². The van der Waals surface area contributed by atoms with Gasteiger partial charge in [0.15, 0.2) is 11.2 Å². The number of aromatic nitrogens is 1. The first kappa shape index (κ1) is 21.0. The summed E-state index contributed by atoms with van der Waals surface area (Å²) in [7, 11) is 0. The third-order valence-electron chi connectivity index (χ3n) is 5.89. The van der Waals surface area contributed by atoms with Gasteiger partial charge < -0.3 is 13.7 Å². The first-order valence-corrected chi connectivity index (χ1v) is 10.9. The van der Waals surface area contributed by atoms with Gasteiger partial charge in [0.1, 0.15) is 17.1 Å². The monoisotopic (exact) mass is 444 g/mol. The predicted molar refractivity (Wildman–Crippen MR) is 124 cm³/mol. The Kier molecular flexibility index (Phi) is 4.85. The molecular formula is C26H24N2O5. The number of carbonyl (C=O) groups excluding carboxylic acids is 1. The molecule has 5 rings (SSSR count). The Morgan fingerprint density at radius 3 is 2.48 bits per heavy atom. The Labute approximate surface area is 190 Å². The fourth-order valence-corrected chi connectivity index (χ4v) is 4.28. The van der Waals surface area contributed by atoms with Crippen LogP contribution in [0.5, 0.6) is 5.75 Å². The zero-order valence-corrected chi connectivity index (χ0v) is 19.1.